The van der Waals surface area contributed by atoms with Crippen molar-refractivity contribution in [3.05, 3.63) is 11.1 Å². The molecule has 0 unspecified atom stereocenters. The van der Waals surface area contributed by atoms with Crippen molar-refractivity contribution in [2.45, 2.75) is 33.1 Å². The quantitative estimate of drug-likeness (QED) is 0.515. The Labute approximate surface area is 55.8 Å². The molecule has 0 amide bonds. The summed E-state index contributed by atoms with van der Waals surface area (Å²) in [5.41, 5.74) is 2.81. The van der Waals surface area contributed by atoms with Crippen LogP contribution in [0.25, 0.3) is 0 Å². The first kappa shape index (κ1) is 6.53. The van der Waals surface area contributed by atoms with E-state index in [0.717, 1.165) is 0 Å². The lowest BCUT2D eigenvalue weighted by Crippen LogP contribution is -1.89. The van der Waals surface area contributed by atoms with Gasteiger partial charge in [0.15, 0.2) is 0 Å². The molecule has 0 heterocycles. The highest BCUT2D eigenvalue weighted by Gasteiger charge is 2.14. The number of carbonyl (C=O) groups is 1. The molecule has 0 atom stereocenters. The molecule has 1 heteroatoms. The van der Waals surface area contributed by atoms with Gasteiger partial charge in [-0.3, -0.25) is 4.79 Å². The maximum Gasteiger partial charge on any atom is 0.133 e. The third kappa shape index (κ3) is 2.00. The van der Waals surface area contributed by atoms with E-state index in [-0.39, 0.29) is 5.78 Å². The molecule has 0 N–H and O–H groups in total. The van der Waals surface area contributed by atoms with E-state index < -0.39 is 0 Å². The predicted molar refractivity (Wildman–Crippen MR) is 37.2 cm³/mol. The summed E-state index contributed by atoms with van der Waals surface area (Å²) in [6, 6.07) is 0. The molecule has 0 aromatic heterocycles. The number of carbonyl (C=O) groups excluding carboxylic acids is 1. The van der Waals surface area contributed by atoms with Crippen LogP contribution in [0.2, 0.25) is 0 Å². The van der Waals surface area contributed by atoms with Crippen LogP contribution in [0, 0.1) is 0 Å². The minimum absolute atomic E-state index is 0.284. The van der Waals surface area contributed by atoms with Gasteiger partial charge in [-0.25, -0.2) is 0 Å². The number of hydrogen-bond donors (Lipinski definition) is 0. The molecule has 50 valence electrons. The highest BCUT2D eigenvalue weighted by molar-refractivity contribution is 5.78. The molecular formula is C8H12O. The normalized spacial score (nSPS) is 15.6. The van der Waals surface area contributed by atoms with Crippen molar-refractivity contribution in [2.24, 2.45) is 0 Å². The second-order valence-corrected chi connectivity index (χ2v) is 2.76. The first-order chi connectivity index (χ1) is 4.20. The van der Waals surface area contributed by atoms with E-state index in [0.29, 0.717) is 6.42 Å². The van der Waals surface area contributed by atoms with Gasteiger partial charge in [0, 0.05) is 6.42 Å². The van der Waals surface area contributed by atoms with Crippen LogP contribution in [-0.2, 0) is 4.79 Å². The SMILES string of the molecule is CC(=O)CC(C)=C1CC1. The van der Waals surface area contributed by atoms with Gasteiger partial charge in [0.2, 0.25) is 0 Å². The molecule has 1 rings (SSSR count). The Balaban J connectivity index is 2.44. The van der Waals surface area contributed by atoms with Crippen molar-refractivity contribution in [1.82, 2.24) is 0 Å². The standard InChI is InChI=1S/C8H12O/c1-6(5-7(2)9)8-3-4-8/h3-5H2,1-2H3. The van der Waals surface area contributed by atoms with Crippen molar-refractivity contribution in [3.8, 4) is 0 Å². The van der Waals surface area contributed by atoms with E-state index in [9.17, 15) is 4.79 Å². The molecular weight excluding hydrogens is 112 g/mol. The second-order valence-electron chi connectivity index (χ2n) is 2.76. The summed E-state index contributed by atoms with van der Waals surface area (Å²) in [4.78, 5) is 10.6. The highest BCUT2D eigenvalue weighted by atomic mass is 16.1. The summed E-state index contributed by atoms with van der Waals surface area (Å²) in [5, 5.41) is 0. The topological polar surface area (TPSA) is 17.1 Å². The molecule has 1 saturated carbocycles. The van der Waals surface area contributed by atoms with Crippen molar-refractivity contribution < 1.29 is 4.79 Å². The zero-order valence-corrected chi connectivity index (χ0v) is 6.03. The average Bonchev–Trinajstić information content (AvgIpc) is 2.40. The molecule has 0 aromatic rings. The van der Waals surface area contributed by atoms with Gasteiger partial charge in [-0.15, -0.1) is 0 Å². The van der Waals surface area contributed by atoms with Crippen LogP contribution in [0.3, 0.4) is 0 Å². The molecule has 0 radical (unpaired) electrons. The van der Waals surface area contributed by atoms with Gasteiger partial charge < -0.3 is 0 Å². The number of hydrogen-bond acceptors (Lipinski definition) is 1. The van der Waals surface area contributed by atoms with Crippen LogP contribution in [0.4, 0.5) is 0 Å². The zero-order valence-electron chi connectivity index (χ0n) is 6.03. The predicted octanol–water partition coefficient (Wildman–Crippen LogP) is 2.08. The average molecular weight is 124 g/mol. The number of ketones is 1. The smallest absolute Gasteiger partial charge is 0.133 e. The van der Waals surface area contributed by atoms with Gasteiger partial charge in [0.05, 0.1) is 0 Å². The monoisotopic (exact) mass is 124 g/mol. The van der Waals surface area contributed by atoms with Crippen molar-refractivity contribution in [3.63, 3.8) is 0 Å². The van der Waals surface area contributed by atoms with E-state index in [1.165, 1.54) is 24.0 Å². The Morgan fingerprint density at radius 2 is 2.00 bits per heavy atom. The third-order valence-electron chi connectivity index (χ3n) is 1.62. The molecule has 9 heavy (non-hydrogen) atoms. The Kier molecular flexibility index (Phi) is 1.70. The number of rotatable bonds is 2. The minimum Gasteiger partial charge on any atom is -0.300 e. The molecule has 0 bridgehead atoms. The highest BCUT2D eigenvalue weighted by Crippen LogP contribution is 2.32. The first-order valence-electron chi connectivity index (χ1n) is 3.37. The molecule has 1 fully saturated rings. The van der Waals surface area contributed by atoms with Crippen LogP contribution in [0.15, 0.2) is 11.1 Å². The molecule has 0 aliphatic heterocycles. The summed E-state index contributed by atoms with van der Waals surface area (Å²) < 4.78 is 0. The number of Topliss-reactive ketones (excluding diaryl/α,β-unsaturated/α-hetero) is 1. The maximum absolute atomic E-state index is 10.6. The van der Waals surface area contributed by atoms with E-state index >= 15 is 0 Å². The van der Waals surface area contributed by atoms with Gasteiger partial charge in [0.25, 0.3) is 0 Å². The van der Waals surface area contributed by atoms with Crippen LogP contribution < -0.4 is 0 Å². The largest absolute Gasteiger partial charge is 0.300 e. The Hall–Kier alpha value is -0.590. The summed E-state index contributed by atoms with van der Waals surface area (Å²) in [6.07, 6.45) is 3.15. The first-order valence-corrected chi connectivity index (χ1v) is 3.37. The fourth-order valence-electron chi connectivity index (χ4n) is 0.988. The lowest BCUT2D eigenvalue weighted by Gasteiger charge is -1.92. The van der Waals surface area contributed by atoms with Crippen molar-refractivity contribution >= 4 is 5.78 Å². The summed E-state index contributed by atoms with van der Waals surface area (Å²) >= 11 is 0. The van der Waals surface area contributed by atoms with E-state index in [1.807, 2.05) is 0 Å². The Morgan fingerprint density at radius 1 is 1.44 bits per heavy atom. The molecule has 0 spiro atoms. The zero-order chi connectivity index (χ0) is 6.85. The lowest BCUT2D eigenvalue weighted by molar-refractivity contribution is -0.116. The van der Waals surface area contributed by atoms with E-state index in [1.54, 1.807) is 6.92 Å². The van der Waals surface area contributed by atoms with Crippen LogP contribution in [-0.4, -0.2) is 5.78 Å². The summed E-state index contributed by atoms with van der Waals surface area (Å²) in [5.74, 6) is 0.284. The van der Waals surface area contributed by atoms with E-state index in [2.05, 4.69) is 6.92 Å². The second kappa shape index (κ2) is 2.34. The van der Waals surface area contributed by atoms with Crippen LogP contribution in [0.5, 0.6) is 0 Å². The maximum atomic E-state index is 10.6. The van der Waals surface area contributed by atoms with Gasteiger partial charge in [-0.1, -0.05) is 11.1 Å². The van der Waals surface area contributed by atoms with Gasteiger partial charge in [-0.2, -0.15) is 0 Å². The summed E-state index contributed by atoms with van der Waals surface area (Å²) in [7, 11) is 0. The van der Waals surface area contributed by atoms with Crippen molar-refractivity contribution in [2.75, 3.05) is 0 Å². The van der Waals surface area contributed by atoms with Crippen LogP contribution >= 0.6 is 0 Å². The van der Waals surface area contributed by atoms with Gasteiger partial charge >= 0.3 is 0 Å². The fourth-order valence-corrected chi connectivity index (χ4v) is 0.988. The molecule has 1 aliphatic carbocycles. The molecule has 0 saturated heterocycles. The lowest BCUT2D eigenvalue weighted by atomic mass is 10.1. The molecule has 1 aliphatic rings. The van der Waals surface area contributed by atoms with Crippen LogP contribution in [0.1, 0.15) is 33.1 Å². The Morgan fingerprint density at radius 3 is 2.33 bits per heavy atom. The Bertz CT molecular complexity index is 159. The summed E-state index contributed by atoms with van der Waals surface area (Å²) in [6.45, 7) is 3.70. The van der Waals surface area contributed by atoms with E-state index in [4.69, 9.17) is 0 Å². The molecule has 1 nitrogen and oxygen atoms in total. The van der Waals surface area contributed by atoms with Gasteiger partial charge in [-0.05, 0) is 26.7 Å². The third-order valence-corrected chi connectivity index (χ3v) is 1.62. The minimum atomic E-state index is 0.284. The molecule has 0 aromatic carbocycles. The number of allylic oxidation sites excluding steroid dienone is 2. The fraction of sp³-hybridized carbons (Fsp3) is 0.625. The van der Waals surface area contributed by atoms with Crippen molar-refractivity contribution in [1.29, 1.82) is 0 Å². The van der Waals surface area contributed by atoms with Gasteiger partial charge in [0.1, 0.15) is 5.78 Å².